The molecule has 1 heterocycles. The van der Waals surface area contributed by atoms with Crippen molar-refractivity contribution in [1.29, 1.82) is 0 Å². The first kappa shape index (κ1) is 19.6. The molecule has 0 atom stereocenters. The minimum Gasteiger partial charge on any atom is -0.497 e. The molecule has 0 aliphatic carbocycles. The van der Waals surface area contributed by atoms with Crippen molar-refractivity contribution in [2.75, 3.05) is 19.0 Å². The maximum atomic E-state index is 12.4. The van der Waals surface area contributed by atoms with Gasteiger partial charge in [0.15, 0.2) is 0 Å². The van der Waals surface area contributed by atoms with Gasteiger partial charge in [-0.15, -0.1) is 0 Å². The minimum absolute atomic E-state index is 0.248. The average Bonchev–Trinajstić information content (AvgIpc) is 2.72. The van der Waals surface area contributed by atoms with Crippen LogP contribution in [0.4, 0.5) is 11.6 Å². The summed E-state index contributed by atoms with van der Waals surface area (Å²) in [5, 5.41) is 6.63. The largest absolute Gasteiger partial charge is 0.497 e. The number of nitrogens with one attached hydrogen (secondary N) is 2. The summed E-state index contributed by atoms with van der Waals surface area (Å²) in [6.45, 7) is 2.41. The number of rotatable bonds is 7. The standard InChI is InChI=1S/C21H21ClN4O2/c1-14-17(22)4-3-5-18(14)25-21-24-13-11-19(26-21)20(27)23-12-10-15-6-8-16(28-2)9-7-15/h3-9,11,13H,10,12H2,1-2H3,(H,23,27)(H,24,25,26). The number of carbonyl (C=O) groups excluding carboxylic acids is 1. The summed E-state index contributed by atoms with van der Waals surface area (Å²) in [7, 11) is 1.63. The molecule has 7 heteroatoms. The van der Waals surface area contributed by atoms with Crippen LogP contribution in [0.3, 0.4) is 0 Å². The Labute approximate surface area is 168 Å². The van der Waals surface area contributed by atoms with Crippen molar-refractivity contribution >= 4 is 29.1 Å². The Balaban J connectivity index is 1.59. The van der Waals surface area contributed by atoms with Gasteiger partial charge < -0.3 is 15.4 Å². The minimum atomic E-state index is -0.248. The second kappa shape index (κ2) is 9.19. The molecule has 1 aromatic heterocycles. The fourth-order valence-electron chi connectivity index (χ4n) is 2.61. The number of hydrogen-bond donors (Lipinski definition) is 2. The molecule has 0 spiro atoms. The molecule has 2 N–H and O–H groups in total. The van der Waals surface area contributed by atoms with Gasteiger partial charge in [0.1, 0.15) is 11.4 Å². The normalized spacial score (nSPS) is 10.4. The summed E-state index contributed by atoms with van der Waals surface area (Å²) in [4.78, 5) is 20.9. The Morgan fingerprint density at radius 2 is 1.93 bits per heavy atom. The van der Waals surface area contributed by atoms with Gasteiger partial charge in [-0.1, -0.05) is 29.8 Å². The second-order valence-corrected chi connectivity index (χ2v) is 6.56. The molecule has 0 fully saturated rings. The predicted octanol–water partition coefficient (Wildman–Crippen LogP) is 4.16. The monoisotopic (exact) mass is 396 g/mol. The highest BCUT2D eigenvalue weighted by Gasteiger charge is 2.10. The van der Waals surface area contributed by atoms with Crippen LogP contribution in [0.15, 0.2) is 54.7 Å². The van der Waals surface area contributed by atoms with E-state index in [0.29, 0.717) is 29.6 Å². The van der Waals surface area contributed by atoms with Crippen molar-refractivity contribution in [3.8, 4) is 5.75 Å². The molecular weight excluding hydrogens is 376 g/mol. The van der Waals surface area contributed by atoms with Crippen molar-refractivity contribution in [3.63, 3.8) is 0 Å². The van der Waals surface area contributed by atoms with E-state index in [1.807, 2.05) is 49.4 Å². The SMILES string of the molecule is COc1ccc(CCNC(=O)c2ccnc(Nc3cccc(Cl)c3C)n2)cc1. The van der Waals surface area contributed by atoms with E-state index < -0.39 is 0 Å². The molecule has 0 aliphatic heterocycles. The van der Waals surface area contributed by atoms with Crippen molar-refractivity contribution in [2.45, 2.75) is 13.3 Å². The molecular formula is C21H21ClN4O2. The lowest BCUT2D eigenvalue weighted by molar-refractivity contribution is 0.0949. The molecule has 6 nitrogen and oxygen atoms in total. The fourth-order valence-corrected chi connectivity index (χ4v) is 2.79. The molecule has 0 saturated heterocycles. The summed E-state index contributed by atoms with van der Waals surface area (Å²) < 4.78 is 5.14. The first-order valence-electron chi connectivity index (χ1n) is 8.83. The third-order valence-electron chi connectivity index (χ3n) is 4.26. The summed E-state index contributed by atoms with van der Waals surface area (Å²) >= 11 is 6.13. The molecule has 0 radical (unpaired) electrons. The van der Waals surface area contributed by atoms with Crippen LogP contribution >= 0.6 is 11.6 Å². The van der Waals surface area contributed by atoms with Crippen LogP contribution in [0.25, 0.3) is 0 Å². The zero-order valence-electron chi connectivity index (χ0n) is 15.7. The number of methoxy groups -OCH3 is 1. The van der Waals surface area contributed by atoms with E-state index in [1.54, 1.807) is 19.4 Å². The summed E-state index contributed by atoms with van der Waals surface area (Å²) in [5.74, 6) is 0.902. The first-order chi connectivity index (χ1) is 13.6. The topological polar surface area (TPSA) is 76.1 Å². The van der Waals surface area contributed by atoms with Gasteiger partial charge in [-0.05, 0) is 54.8 Å². The van der Waals surface area contributed by atoms with Gasteiger partial charge >= 0.3 is 0 Å². The molecule has 3 rings (SSSR count). The van der Waals surface area contributed by atoms with E-state index >= 15 is 0 Å². The van der Waals surface area contributed by atoms with E-state index in [-0.39, 0.29) is 5.91 Å². The number of nitrogens with zero attached hydrogens (tertiary/aromatic N) is 2. The van der Waals surface area contributed by atoms with Gasteiger partial charge in [-0.25, -0.2) is 9.97 Å². The number of aromatic nitrogens is 2. The lowest BCUT2D eigenvalue weighted by Crippen LogP contribution is -2.26. The number of amides is 1. The highest BCUT2D eigenvalue weighted by molar-refractivity contribution is 6.31. The third kappa shape index (κ3) is 4.98. The van der Waals surface area contributed by atoms with Crippen LogP contribution in [-0.2, 0) is 6.42 Å². The van der Waals surface area contributed by atoms with E-state index in [9.17, 15) is 4.79 Å². The lowest BCUT2D eigenvalue weighted by Gasteiger charge is -2.10. The van der Waals surface area contributed by atoms with Crippen LogP contribution in [-0.4, -0.2) is 29.5 Å². The van der Waals surface area contributed by atoms with Gasteiger partial charge in [0.05, 0.1) is 7.11 Å². The van der Waals surface area contributed by atoms with Gasteiger partial charge in [0.2, 0.25) is 5.95 Å². The van der Waals surface area contributed by atoms with Gasteiger partial charge in [0.25, 0.3) is 5.91 Å². The number of halogens is 1. The number of carbonyl (C=O) groups is 1. The molecule has 2 aromatic carbocycles. The number of benzene rings is 2. The smallest absolute Gasteiger partial charge is 0.270 e. The molecule has 0 bridgehead atoms. The maximum absolute atomic E-state index is 12.4. The van der Waals surface area contributed by atoms with Crippen LogP contribution < -0.4 is 15.4 Å². The summed E-state index contributed by atoms with van der Waals surface area (Å²) in [6, 6.07) is 14.9. The molecule has 0 saturated carbocycles. The number of anilines is 2. The predicted molar refractivity (Wildman–Crippen MR) is 111 cm³/mol. The van der Waals surface area contributed by atoms with Crippen LogP contribution in [0.2, 0.25) is 5.02 Å². The summed E-state index contributed by atoms with van der Waals surface area (Å²) in [5.41, 5.74) is 3.10. The van der Waals surface area contributed by atoms with Crippen LogP contribution in [0.5, 0.6) is 5.75 Å². The first-order valence-corrected chi connectivity index (χ1v) is 9.21. The molecule has 0 unspecified atom stereocenters. The van der Waals surface area contributed by atoms with Crippen LogP contribution in [0, 0.1) is 6.92 Å². The van der Waals surface area contributed by atoms with Crippen molar-refractivity contribution in [3.05, 3.63) is 76.6 Å². The highest BCUT2D eigenvalue weighted by Crippen LogP contribution is 2.24. The van der Waals surface area contributed by atoms with Crippen LogP contribution in [0.1, 0.15) is 21.6 Å². The van der Waals surface area contributed by atoms with E-state index in [2.05, 4.69) is 20.6 Å². The lowest BCUT2D eigenvalue weighted by atomic mass is 10.1. The maximum Gasteiger partial charge on any atom is 0.270 e. The number of ether oxygens (including phenoxy) is 1. The van der Waals surface area contributed by atoms with Crippen molar-refractivity contribution in [1.82, 2.24) is 15.3 Å². The number of hydrogen-bond acceptors (Lipinski definition) is 5. The van der Waals surface area contributed by atoms with Gasteiger partial charge in [-0.3, -0.25) is 4.79 Å². The fraction of sp³-hybridized carbons (Fsp3) is 0.190. The zero-order valence-corrected chi connectivity index (χ0v) is 16.5. The zero-order chi connectivity index (χ0) is 19.9. The van der Waals surface area contributed by atoms with E-state index in [4.69, 9.17) is 16.3 Å². The average molecular weight is 397 g/mol. The Bertz CT molecular complexity index is 961. The van der Waals surface area contributed by atoms with Gasteiger partial charge in [0, 0.05) is 23.5 Å². The van der Waals surface area contributed by atoms with Crippen molar-refractivity contribution in [2.24, 2.45) is 0 Å². The molecule has 0 aliphatic rings. The molecule has 3 aromatic rings. The van der Waals surface area contributed by atoms with Gasteiger partial charge in [-0.2, -0.15) is 0 Å². The van der Waals surface area contributed by atoms with Crippen molar-refractivity contribution < 1.29 is 9.53 Å². The molecule has 144 valence electrons. The molecule has 28 heavy (non-hydrogen) atoms. The Morgan fingerprint density at radius 3 is 2.68 bits per heavy atom. The Hall–Kier alpha value is -3.12. The highest BCUT2D eigenvalue weighted by atomic mass is 35.5. The van der Waals surface area contributed by atoms with E-state index in [1.165, 1.54) is 0 Å². The quantitative estimate of drug-likeness (QED) is 0.627. The summed E-state index contributed by atoms with van der Waals surface area (Å²) in [6.07, 6.45) is 2.27. The third-order valence-corrected chi connectivity index (χ3v) is 4.67. The molecule has 1 amide bonds. The van der Waals surface area contributed by atoms with E-state index in [0.717, 1.165) is 22.6 Å². The Morgan fingerprint density at radius 1 is 1.14 bits per heavy atom. The second-order valence-electron chi connectivity index (χ2n) is 6.16. The Kier molecular flexibility index (Phi) is 6.45.